The van der Waals surface area contributed by atoms with Crippen molar-refractivity contribution in [2.45, 2.75) is 31.8 Å². The van der Waals surface area contributed by atoms with Gasteiger partial charge in [0.05, 0.1) is 24.5 Å². The molecule has 5 heteroatoms. The van der Waals surface area contributed by atoms with Crippen LogP contribution in [0.15, 0.2) is 6.20 Å². The highest BCUT2D eigenvalue weighted by Gasteiger charge is 2.26. The summed E-state index contributed by atoms with van der Waals surface area (Å²) in [5.74, 6) is 0.697. The summed E-state index contributed by atoms with van der Waals surface area (Å²) in [5, 5.41) is 8.13. The standard InChI is InChI=1S/C14H23N3O2/c1-18-10-13-14-12(2-5-15-13)8-16-17(14)9-11-3-6-19-7-4-11/h8,11,13,15H,2-7,9-10H2,1H3. The van der Waals surface area contributed by atoms with Gasteiger partial charge < -0.3 is 14.8 Å². The number of ether oxygens (including phenoxy) is 2. The van der Waals surface area contributed by atoms with Gasteiger partial charge in [-0.2, -0.15) is 5.10 Å². The summed E-state index contributed by atoms with van der Waals surface area (Å²) in [5.41, 5.74) is 2.72. The third-order valence-corrected chi connectivity index (χ3v) is 4.18. The number of fused-ring (bicyclic) bond motifs is 1. The van der Waals surface area contributed by atoms with Crippen LogP contribution in [-0.2, 0) is 22.4 Å². The smallest absolute Gasteiger partial charge is 0.0732 e. The number of nitrogens with zero attached hydrogens (tertiary/aromatic N) is 2. The Bertz CT molecular complexity index is 413. The number of hydrogen-bond acceptors (Lipinski definition) is 4. The van der Waals surface area contributed by atoms with Crippen molar-refractivity contribution in [2.24, 2.45) is 5.92 Å². The molecule has 5 nitrogen and oxygen atoms in total. The third kappa shape index (κ3) is 2.83. The Balaban J connectivity index is 1.76. The van der Waals surface area contributed by atoms with Crippen molar-refractivity contribution in [3.05, 3.63) is 17.5 Å². The fourth-order valence-electron chi connectivity index (χ4n) is 3.13. The lowest BCUT2D eigenvalue weighted by Gasteiger charge is -2.27. The van der Waals surface area contributed by atoms with Gasteiger partial charge in [-0.3, -0.25) is 4.68 Å². The van der Waals surface area contributed by atoms with E-state index in [0.717, 1.165) is 45.6 Å². The Morgan fingerprint density at radius 3 is 3.11 bits per heavy atom. The van der Waals surface area contributed by atoms with E-state index in [4.69, 9.17) is 9.47 Å². The van der Waals surface area contributed by atoms with Crippen molar-refractivity contribution >= 4 is 0 Å². The molecule has 0 amide bonds. The normalized spacial score (nSPS) is 24.4. The van der Waals surface area contributed by atoms with Crippen LogP contribution in [0.1, 0.15) is 30.1 Å². The molecule has 1 aromatic rings. The maximum absolute atomic E-state index is 5.43. The molecule has 0 spiro atoms. The second kappa shape index (κ2) is 6.03. The molecule has 1 atom stereocenters. The molecular weight excluding hydrogens is 242 g/mol. The van der Waals surface area contributed by atoms with Gasteiger partial charge in [0, 0.05) is 33.4 Å². The maximum Gasteiger partial charge on any atom is 0.0732 e. The molecule has 0 bridgehead atoms. The van der Waals surface area contributed by atoms with Crippen LogP contribution in [-0.4, -0.2) is 43.3 Å². The molecule has 0 saturated carbocycles. The monoisotopic (exact) mass is 265 g/mol. The molecule has 0 aliphatic carbocycles. The van der Waals surface area contributed by atoms with Gasteiger partial charge in [0.15, 0.2) is 0 Å². The fourth-order valence-corrected chi connectivity index (χ4v) is 3.13. The molecule has 19 heavy (non-hydrogen) atoms. The highest BCUT2D eigenvalue weighted by Crippen LogP contribution is 2.25. The molecule has 1 saturated heterocycles. The maximum atomic E-state index is 5.43. The summed E-state index contributed by atoms with van der Waals surface area (Å²) < 4.78 is 13.0. The first kappa shape index (κ1) is 13.1. The van der Waals surface area contributed by atoms with E-state index in [1.165, 1.54) is 11.3 Å². The molecule has 0 aromatic carbocycles. The summed E-state index contributed by atoms with van der Waals surface area (Å²) in [6.45, 7) is 4.54. The Morgan fingerprint density at radius 2 is 2.32 bits per heavy atom. The molecule has 106 valence electrons. The van der Waals surface area contributed by atoms with Gasteiger partial charge in [-0.05, 0) is 30.7 Å². The molecule has 3 heterocycles. The van der Waals surface area contributed by atoms with E-state index in [1.807, 2.05) is 6.20 Å². The van der Waals surface area contributed by atoms with Crippen molar-refractivity contribution in [1.82, 2.24) is 15.1 Å². The largest absolute Gasteiger partial charge is 0.383 e. The summed E-state index contributed by atoms with van der Waals surface area (Å²) in [6.07, 6.45) is 5.41. The van der Waals surface area contributed by atoms with Crippen molar-refractivity contribution in [2.75, 3.05) is 33.5 Å². The van der Waals surface area contributed by atoms with Crippen LogP contribution in [0.2, 0.25) is 0 Å². The lowest BCUT2D eigenvalue weighted by molar-refractivity contribution is 0.0593. The van der Waals surface area contributed by atoms with Crippen molar-refractivity contribution in [3.8, 4) is 0 Å². The quantitative estimate of drug-likeness (QED) is 0.887. The van der Waals surface area contributed by atoms with Gasteiger partial charge in [0.25, 0.3) is 0 Å². The summed E-state index contributed by atoms with van der Waals surface area (Å²) in [4.78, 5) is 0. The lowest BCUT2D eigenvalue weighted by Crippen LogP contribution is -2.35. The SMILES string of the molecule is COCC1NCCc2cnn(CC3CCOCC3)c21. The van der Waals surface area contributed by atoms with Crippen LogP contribution in [0, 0.1) is 5.92 Å². The predicted molar refractivity (Wildman–Crippen MR) is 72.1 cm³/mol. The number of hydrogen-bond donors (Lipinski definition) is 1. The van der Waals surface area contributed by atoms with Crippen LogP contribution in [0.3, 0.4) is 0 Å². The number of aromatic nitrogens is 2. The second-order valence-corrected chi connectivity index (χ2v) is 5.50. The molecule has 1 fully saturated rings. The highest BCUT2D eigenvalue weighted by atomic mass is 16.5. The molecule has 1 unspecified atom stereocenters. The van der Waals surface area contributed by atoms with Gasteiger partial charge in [0.1, 0.15) is 0 Å². The van der Waals surface area contributed by atoms with E-state index < -0.39 is 0 Å². The molecule has 1 aromatic heterocycles. The van der Waals surface area contributed by atoms with E-state index >= 15 is 0 Å². The minimum atomic E-state index is 0.288. The Hall–Kier alpha value is -0.910. The minimum Gasteiger partial charge on any atom is -0.383 e. The average Bonchev–Trinajstić information content (AvgIpc) is 2.85. The van der Waals surface area contributed by atoms with E-state index in [2.05, 4.69) is 15.1 Å². The van der Waals surface area contributed by atoms with Gasteiger partial charge in [-0.25, -0.2) is 0 Å². The molecule has 3 rings (SSSR count). The topological polar surface area (TPSA) is 48.3 Å². The molecule has 0 radical (unpaired) electrons. The molecule has 2 aliphatic heterocycles. The summed E-state index contributed by atoms with van der Waals surface area (Å²) >= 11 is 0. The second-order valence-electron chi connectivity index (χ2n) is 5.50. The van der Waals surface area contributed by atoms with E-state index in [0.29, 0.717) is 12.5 Å². The van der Waals surface area contributed by atoms with Crippen LogP contribution in [0.25, 0.3) is 0 Å². The van der Waals surface area contributed by atoms with Gasteiger partial charge in [-0.1, -0.05) is 0 Å². The van der Waals surface area contributed by atoms with E-state index in [-0.39, 0.29) is 6.04 Å². The Labute approximate surface area is 114 Å². The first-order chi connectivity index (χ1) is 9.38. The van der Waals surface area contributed by atoms with Crippen molar-refractivity contribution in [1.29, 1.82) is 0 Å². The zero-order valence-corrected chi connectivity index (χ0v) is 11.6. The predicted octanol–water partition coefficient (Wildman–Crippen LogP) is 1.14. The van der Waals surface area contributed by atoms with E-state index in [1.54, 1.807) is 7.11 Å². The van der Waals surface area contributed by atoms with Crippen LogP contribution >= 0.6 is 0 Å². The van der Waals surface area contributed by atoms with Crippen LogP contribution in [0.4, 0.5) is 0 Å². The third-order valence-electron chi connectivity index (χ3n) is 4.18. The van der Waals surface area contributed by atoms with Crippen molar-refractivity contribution < 1.29 is 9.47 Å². The van der Waals surface area contributed by atoms with Gasteiger partial charge >= 0.3 is 0 Å². The number of methoxy groups -OCH3 is 1. The van der Waals surface area contributed by atoms with Gasteiger partial charge in [0.2, 0.25) is 0 Å². The Kier molecular flexibility index (Phi) is 4.15. The highest BCUT2D eigenvalue weighted by molar-refractivity contribution is 5.24. The first-order valence-corrected chi connectivity index (χ1v) is 7.23. The molecule has 1 N–H and O–H groups in total. The van der Waals surface area contributed by atoms with Crippen LogP contribution in [0.5, 0.6) is 0 Å². The summed E-state index contributed by atoms with van der Waals surface area (Å²) in [6, 6.07) is 0.288. The van der Waals surface area contributed by atoms with Crippen LogP contribution < -0.4 is 5.32 Å². The van der Waals surface area contributed by atoms with Gasteiger partial charge in [-0.15, -0.1) is 0 Å². The molecule has 2 aliphatic rings. The average molecular weight is 265 g/mol. The lowest BCUT2D eigenvalue weighted by atomic mass is 9.99. The fraction of sp³-hybridized carbons (Fsp3) is 0.786. The van der Waals surface area contributed by atoms with Crippen molar-refractivity contribution in [3.63, 3.8) is 0 Å². The zero-order valence-electron chi connectivity index (χ0n) is 11.6. The van der Waals surface area contributed by atoms with E-state index in [9.17, 15) is 0 Å². The first-order valence-electron chi connectivity index (χ1n) is 7.23. The number of rotatable bonds is 4. The minimum absolute atomic E-state index is 0.288. The Morgan fingerprint density at radius 1 is 1.47 bits per heavy atom. The summed E-state index contributed by atoms with van der Waals surface area (Å²) in [7, 11) is 1.76. The molecular formula is C14H23N3O2. The zero-order chi connectivity index (χ0) is 13.1. The number of nitrogens with one attached hydrogen (secondary N) is 1.